The van der Waals surface area contributed by atoms with Gasteiger partial charge in [-0.3, -0.25) is 0 Å². The smallest absolute Gasteiger partial charge is 0.329 e. The van der Waals surface area contributed by atoms with Crippen molar-refractivity contribution in [3.05, 3.63) is 28.5 Å². The van der Waals surface area contributed by atoms with Crippen LogP contribution in [0, 0.1) is 5.82 Å². The maximum atomic E-state index is 13.7. The number of anilines is 1. The second kappa shape index (κ2) is 6.01. The van der Waals surface area contributed by atoms with Crippen LogP contribution in [0.1, 0.15) is 26.2 Å². The Morgan fingerprint density at radius 1 is 1.43 bits per heavy atom. The zero-order valence-corrected chi connectivity index (χ0v) is 13.1. The van der Waals surface area contributed by atoms with Crippen LogP contribution in [-0.4, -0.2) is 34.1 Å². The monoisotopic (exact) mass is 358 g/mol. The molecule has 1 heterocycles. The molecule has 1 atom stereocenters. The van der Waals surface area contributed by atoms with Crippen molar-refractivity contribution < 1.29 is 19.1 Å². The fourth-order valence-corrected chi connectivity index (χ4v) is 2.78. The number of nitrogens with one attached hydrogen (secondary N) is 1. The second-order valence-corrected chi connectivity index (χ2v) is 6.16. The molecule has 5 nitrogen and oxygen atoms in total. The Labute approximate surface area is 130 Å². The number of hydrogen-bond acceptors (Lipinski definition) is 2. The lowest BCUT2D eigenvalue weighted by molar-refractivity contribution is -0.150. The van der Waals surface area contributed by atoms with Crippen molar-refractivity contribution in [1.29, 1.82) is 0 Å². The van der Waals surface area contributed by atoms with Gasteiger partial charge in [-0.1, -0.05) is 15.9 Å². The molecule has 0 radical (unpaired) electrons. The summed E-state index contributed by atoms with van der Waals surface area (Å²) < 4.78 is 14.3. The van der Waals surface area contributed by atoms with Gasteiger partial charge >= 0.3 is 12.0 Å². The van der Waals surface area contributed by atoms with Crippen LogP contribution in [0.15, 0.2) is 22.7 Å². The molecule has 7 heteroatoms. The molecule has 21 heavy (non-hydrogen) atoms. The molecule has 1 saturated heterocycles. The fourth-order valence-electron chi connectivity index (χ4n) is 2.44. The Kier molecular flexibility index (Phi) is 4.51. The van der Waals surface area contributed by atoms with Crippen molar-refractivity contribution in [2.45, 2.75) is 31.7 Å². The zero-order chi connectivity index (χ0) is 15.6. The Balaban J connectivity index is 2.20. The highest BCUT2D eigenvalue weighted by Crippen LogP contribution is 2.29. The number of amides is 2. The minimum atomic E-state index is -1.26. The first kappa shape index (κ1) is 15.8. The van der Waals surface area contributed by atoms with Crippen molar-refractivity contribution in [3.63, 3.8) is 0 Å². The molecule has 1 aromatic carbocycles. The van der Waals surface area contributed by atoms with Crippen LogP contribution in [0.3, 0.4) is 0 Å². The summed E-state index contributed by atoms with van der Waals surface area (Å²) in [5.41, 5.74) is -1.23. The lowest BCUT2D eigenvalue weighted by Gasteiger charge is -2.41. The van der Waals surface area contributed by atoms with E-state index in [0.29, 0.717) is 17.4 Å². The summed E-state index contributed by atoms with van der Waals surface area (Å²) in [7, 11) is 0. The largest absolute Gasteiger partial charge is 0.480 e. The highest BCUT2D eigenvalue weighted by molar-refractivity contribution is 9.10. The molecule has 0 aromatic heterocycles. The molecule has 114 valence electrons. The van der Waals surface area contributed by atoms with Crippen molar-refractivity contribution in [2.75, 3.05) is 11.9 Å². The van der Waals surface area contributed by atoms with Crippen LogP contribution >= 0.6 is 15.9 Å². The number of piperidine rings is 1. The molecule has 2 rings (SSSR count). The minimum absolute atomic E-state index is 0.0292. The predicted molar refractivity (Wildman–Crippen MR) is 79.7 cm³/mol. The Hall–Kier alpha value is -1.63. The number of carbonyl (C=O) groups excluding carboxylic acids is 1. The highest BCUT2D eigenvalue weighted by Gasteiger charge is 2.44. The van der Waals surface area contributed by atoms with Gasteiger partial charge in [-0.25, -0.2) is 14.0 Å². The van der Waals surface area contributed by atoms with E-state index in [1.54, 1.807) is 6.07 Å². The van der Waals surface area contributed by atoms with E-state index in [1.807, 2.05) is 0 Å². The maximum Gasteiger partial charge on any atom is 0.329 e. The molecular formula is C14H16BrFN2O3. The number of halogens is 2. The van der Waals surface area contributed by atoms with Gasteiger partial charge < -0.3 is 15.3 Å². The summed E-state index contributed by atoms with van der Waals surface area (Å²) in [6, 6.07) is 3.67. The third kappa shape index (κ3) is 3.18. The molecule has 1 aliphatic rings. The molecule has 1 fully saturated rings. The number of hydrogen-bond donors (Lipinski definition) is 2. The van der Waals surface area contributed by atoms with Crippen LogP contribution in [-0.2, 0) is 4.79 Å². The second-order valence-electron chi connectivity index (χ2n) is 5.24. The molecule has 0 spiro atoms. The third-order valence-electron chi connectivity index (χ3n) is 3.77. The number of benzene rings is 1. The average Bonchev–Trinajstić information content (AvgIpc) is 2.42. The van der Waals surface area contributed by atoms with Crippen molar-refractivity contribution in [2.24, 2.45) is 0 Å². The molecule has 0 bridgehead atoms. The van der Waals surface area contributed by atoms with E-state index in [2.05, 4.69) is 21.2 Å². The van der Waals surface area contributed by atoms with Crippen LogP contribution in [0.4, 0.5) is 14.9 Å². The molecule has 1 unspecified atom stereocenters. The molecular weight excluding hydrogens is 343 g/mol. The molecule has 2 amide bonds. The van der Waals surface area contributed by atoms with E-state index in [1.165, 1.54) is 24.0 Å². The van der Waals surface area contributed by atoms with Gasteiger partial charge in [0, 0.05) is 11.0 Å². The van der Waals surface area contributed by atoms with Crippen molar-refractivity contribution in [3.8, 4) is 0 Å². The summed E-state index contributed by atoms with van der Waals surface area (Å²) in [6.07, 6.45) is 1.87. The lowest BCUT2D eigenvalue weighted by atomic mass is 9.89. The molecule has 1 aliphatic heterocycles. The van der Waals surface area contributed by atoms with Gasteiger partial charge in [-0.05, 0) is 44.4 Å². The number of likely N-dealkylation sites (tertiary alicyclic amines) is 1. The summed E-state index contributed by atoms with van der Waals surface area (Å²) in [5, 5.41) is 11.8. The number of rotatable bonds is 2. The van der Waals surface area contributed by atoms with Gasteiger partial charge in [-0.2, -0.15) is 0 Å². The number of urea groups is 1. The summed E-state index contributed by atoms with van der Waals surface area (Å²) in [4.78, 5) is 25.0. The molecule has 0 saturated carbocycles. The first-order valence-electron chi connectivity index (χ1n) is 6.61. The highest BCUT2D eigenvalue weighted by atomic mass is 79.9. The van der Waals surface area contributed by atoms with E-state index in [0.717, 1.165) is 12.8 Å². The predicted octanol–water partition coefficient (Wildman–Crippen LogP) is 3.45. The topological polar surface area (TPSA) is 69.6 Å². The lowest BCUT2D eigenvalue weighted by Crippen LogP contribution is -2.58. The number of carboxylic acid groups (broad SMARTS) is 1. The van der Waals surface area contributed by atoms with Gasteiger partial charge in [-0.15, -0.1) is 0 Å². The Morgan fingerprint density at radius 3 is 2.76 bits per heavy atom. The maximum absolute atomic E-state index is 13.7. The van der Waals surface area contributed by atoms with Crippen LogP contribution in [0.25, 0.3) is 0 Å². The number of carbonyl (C=O) groups is 2. The number of aliphatic carboxylic acids is 1. The fraction of sp³-hybridized carbons (Fsp3) is 0.429. The van der Waals surface area contributed by atoms with E-state index < -0.39 is 23.4 Å². The van der Waals surface area contributed by atoms with Gasteiger partial charge in [0.1, 0.15) is 11.4 Å². The van der Waals surface area contributed by atoms with Crippen LogP contribution in [0.2, 0.25) is 0 Å². The van der Waals surface area contributed by atoms with Gasteiger partial charge in [0.15, 0.2) is 0 Å². The van der Waals surface area contributed by atoms with E-state index in [4.69, 9.17) is 0 Å². The van der Waals surface area contributed by atoms with Gasteiger partial charge in [0.2, 0.25) is 0 Å². The van der Waals surface area contributed by atoms with Gasteiger partial charge in [0.05, 0.1) is 5.69 Å². The number of carboxylic acids is 1. The van der Waals surface area contributed by atoms with Crippen LogP contribution in [0.5, 0.6) is 0 Å². The normalized spacial score (nSPS) is 22.0. The standard InChI is InChI=1S/C14H16BrFN2O3/c1-14(12(19)20)6-2-3-7-18(14)13(21)17-11-5-4-9(15)8-10(11)16/h4-5,8H,2-3,6-7H2,1H3,(H,17,21)(H,19,20). The minimum Gasteiger partial charge on any atom is -0.480 e. The molecule has 1 aromatic rings. The average molecular weight is 359 g/mol. The first-order chi connectivity index (χ1) is 9.84. The summed E-state index contributed by atoms with van der Waals surface area (Å²) in [5.74, 6) is -1.62. The summed E-state index contributed by atoms with van der Waals surface area (Å²) >= 11 is 3.14. The Morgan fingerprint density at radius 2 is 2.14 bits per heavy atom. The third-order valence-corrected chi connectivity index (χ3v) is 4.26. The summed E-state index contributed by atoms with van der Waals surface area (Å²) in [6.45, 7) is 1.86. The first-order valence-corrected chi connectivity index (χ1v) is 7.41. The SMILES string of the molecule is CC1(C(=O)O)CCCCN1C(=O)Nc1ccc(Br)cc1F. The van der Waals surface area contributed by atoms with Crippen molar-refractivity contribution >= 4 is 33.6 Å². The zero-order valence-electron chi connectivity index (χ0n) is 11.5. The van der Waals surface area contributed by atoms with E-state index >= 15 is 0 Å². The molecule has 0 aliphatic carbocycles. The van der Waals surface area contributed by atoms with E-state index in [-0.39, 0.29) is 5.69 Å². The van der Waals surface area contributed by atoms with Crippen molar-refractivity contribution in [1.82, 2.24) is 4.90 Å². The quantitative estimate of drug-likeness (QED) is 0.850. The van der Waals surface area contributed by atoms with Crippen LogP contribution < -0.4 is 5.32 Å². The Bertz CT molecular complexity index is 581. The van der Waals surface area contributed by atoms with E-state index in [9.17, 15) is 19.1 Å². The molecule has 2 N–H and O–H groups in total. The van der Waals surface area contributed by atoms with Gasteiger partial charge in [0.25, 0.3) is 0 Å². The number of nitrogens with zero attached hydrogens (tertiary/aromatic N) is 1.